The van der Waals surface area contributed by atoms with Crippen molar-refractivity contribution in [1.29, 1.82) is 0 Å². The zero-order valence-electron chi connectivity index (χ0n) is 11.3. The van der Waals surface area contributed by atoms with E-state index in [2.05, 4.69) is 37.4 Å². The van der Waals surface area contributed by atoms with Gasteiger partial charge in [-0.15, -0.1) is 12.4 Å². The van der Waals surface area contributed by atoms with Crippen LogP contribution in [-0.4, -0.2) is 13.7 Å². The Morgan fingerprint density at radius 1 is 1.33 bits per heavy atom. The van der Waals surface area contributed by atoms with Crippen LogP contribution in [0.5, 0.6) is 5.75 Å². The van der Waals surface area contributed by atoms with Gasteiger partial charge in [-0.3, -0.25) is 0 Å². The highest BCUT2D eigenvalue weighted by molar-refractivity contribution is 5.85. The summed E-state index contributed by atoms with van der Waals surface area (Å²) in [6.07, 6.45) is 2.64. The van der Waals surface area contributed by atoms with E-state index in [0.717, 1.165) is 18.2 Å². The van der Waals surface area contributed by atoms with E-state index in [1.165, 1.54) is 24.0 Å². The molecule has 0 spiro atoms. The molecule has 0 bridgehead atoms. The van der Waals surface area contributed by atoms with Gasteiger partial charge < -0.3 is 10.1 Å². The quantitative estimate of drug-likeness (QED) is 0.842. The lowest BCUT2D eigenvalue weighted by Crippen LogP contribution is -2.37. The molecule has 1 aliphatic heterocycles. The molecular formula is C15H22ClNO. The van der Waals surface area contributed by atoms with Crippen LogP contribution in [0.3, 0.4) is 0 Å². The van der Waals surface area contributed by atoms with Crippen LogP contribution in [0.4, 0.5) is 0 Å². The first-order valence-electron chi connectivity index (χ1n) is 6.56. The molecule has 2 nitrogen and oxygen atoms in total. The van der Waals surface area contributed by atoms with Gasteiger partial charge in [-0.05, 0) is 54.0 Å². The van der Waals surface area contributed by atoms with E-state index in [1.807, 2.05) is 0 Å². The first-order chi connectivity index (χ1) is 8.14. The van der Waals surface area contributed by atoms with E-state index < -0.39 is 0 Å². The molecule has 1 fully saturated rings. The molecule has 1 N–H and O–H groups in total. The molecule has 2 atom stereocenters. The van der Waals surface area contributed by atoms with E-state index in [-0.39, 0.29) is 17.8 Å². The summed E-state index contributed by atoms with van der Waals surface area (Å²) >= 11 is 0. The number of piperidine rings is 1. The average Bonchev–Trinajstić information content (AvgIpc) is 2.59. The van der Waals surface area contributed by atoms with Crippen molar-refractivity contribution in [1.82, 2.24) is 5.32 Å². The average molecular weight is 268 g/mol. The predicted molar refractivity (Wildman–Crippen MR) is 76.7 cm³/mol. The van der Waals surface area contributed by atoms with Crippen molar-refractivity contribution < 1.29 is 4.74 Å². The fourth-order valence-electron chi connectivity index (χ4n) is 3.68. The highest BCUT2D eigenvalue weighted by Crippen LogP contribution is 2.52. The Bertz CT molecular complexity index is 444. The lowest BCUT2D eigenvalue weighted by Gasteiger charge is -2.35. The topological polar surface area (TPSA) is 21.3 Å². The highest BCUT2D eigenvalue weighted by atomic mass is 35.5. The van der Waals surface area contributed by atoms with E-state index in [0.29, 0.717) is 6.04 Å². The maximum Gasteiger partial charge on any atom is 0.119 e. The summed E-state index contributed by atoms with van der Waals surface area (Å²) in [6, 6.07) is 7.13. The highest BCUT2D eigenvalue weighted by Gasteiger charge is 2.46. The molecule has 100 valence electrons. The number of methoxy groups -OCH3 is 1. The van der Waals surface area contributed by atoms with Gasteiger partial charge in [-0.25, -0.2) is 0 Å². The van der Waals surface area contributed by atoms with Crippen LogP contribution >= 0.6 is 12.4 Å². The van der Waals surface area contributed by atoms with Gasteiger partial charge in [0.1, 0.15) is 5.75 Å². The Labute approximate surface area is 116 Å². The minimum Gasteiger partial charge on any atom is -0.497 e. The predicted octanol–water partition coefficient (Wildman–Crippen LogP) is 3.45. The van der Waals surface area contributed by atoms with Crippen molar-refractivity contribution >= 4 is 12.4 Å². The number of rotatable bonds is 1. The molecule has 1 aromatic rings. The van der Waals surface area contributed by atoms with Gasteiger partial charge in [0.05, 0.1) is 7.11 Å². The van der Waals surface area contributed by atoms with Crippen LogP contribution in [-0.2, 0) is 5.41 Å². The largest absolute Gasteiger partial charge is 0.497 e. The zero-order chi connectivity index (χ0) is 12.0. The van der Waals surface area contributed by atoms with Crippen LogP contribution in [0.1, 0.15) is 43.9 Å². The molecule has 1 saturated heterocycles. The standard InChI is InChI=1S/C15H21NO.ClH/c1-15(2)12-5-4-8-16-14(12)11-7-6-10(17-3)9-13(11)15;/h6-7,9,12,14,16H,4-5,8H2,1-3H3;1H. The summed E-state index contributed by atoms with van der Waals surface area (Å²) in [4.78, 5) is 0. The van der Waals surface area contributed by atoms with Gasteiger partial charge in [0.2, 0.25) is 0 Å². The van der Waals surface area contributed by atoms with Crippen molar-refractivity contribution in [2.75, 3.05) is 13.7 Å². The Morgan fingerprint density at radius 2 is 2.11 bits per heavy atom. The summed E-state index contributed by atoms with van der Waals surface area (Å²) in [7, 11) is 1.75. The number of ether oxygens (including phenoxy) is 1. The minimum atomic E-state index is 0. The second-order valence-electron chi connectivity index (χ2n) is 5.86. The molecule has 0 radical (unpaired) electrons. The fourth-order valence-corrected chi connectivity index (χ4v) is 3.68. The second-order valence-corrected chi connectivity index (χ2v) is 5.86. The SMILES string of the molecule is COc1ccc2c(c1)C(C)(C)C1CCCNC21.Cl. The molecule has 1 aliphatic carbocycles. The van der Waals surface area contributed by atoms with Gasteiger partial charge in [0.25, 0.3) is 0 Å². The van der Waals surface area contributed by atoms with Crippen molar-refractivity contribution in [3.8, 4) is 5.75 Å². The zero-order valence-corrected chi connectivity index (χ0v) is 12.1. The Kier molecular flexibility index (Phi) is 3.61. The lowest BCUT2D eigenvalue weighted by molar-refractivity contribution is 0.218. The number of hydrogen-bond acceptors (Lipinski definition) is 2. The summed E-state index contributed by atoms with van der Waals surface area (Å²) < 4.78 is 5.37. The van der Waals surface area contributed by atoms with Crippen molar-refractivity contribution in [2.24, 2.45) is 5.92 Å². The molecular weight excluding hydrogens is 246 g/mol. The van der Waals surface area contributed by atoms with Crippen LogP contribution in [0.15, 0.2) is 18.2 Å². The van der Waals surface area contributed by atoms with Gasteiger partial charge in [0, 0.05) is 6.04 Å². The summed E-state index contributed by atoms with van der Waals surface area (Å²) in [5, 5.41) is 3.69. The third-order valence-electron chi connectivity index (χ3n) is 4.68. The Morgan fingerprint density at radius 3 is 2.83 bits per heavy atom. The number of benzene rings is 1. The maximum absolute atomic E-state index is 5.37. The lowest BCUT2D eigenvalue weighted by atomic mass is 9.74. The number of fused-ring (bicyclic) bond motifs is 3. The summed E-state index contributed by atoms with van der Waals surface area (Å²) in [5.41, 5.74) is 3.23. The van der Waals surface area contributed by atoms with Crippen LogP contribution in [0.25, 0.3) is 0 Å². The monoisotopic (exact) mass is 267 g/mol. The van der Waals surface area contributed by atoms with Gasteiger partial charge >= 0.3 is 0 Å². The van der Waals surface area contributed by atoms with Gasteiger partial charge in [0.15, 0.2) is 0 Å². The molecule has 0 saturated carbocycles. The first kappa shape index (κ1) is 13.7. The fraction of sp³-hybridized carbons (Fsp3) is 0.600. The first-order valence-corrected chi connectivity index (χ1v) is 6.56. The molecule has 1 aromatic carbocycles. The van der Waals surface area contributed by atoms with Crippen molar-refractivity contribution in [3.63, 3.8) is 0 Å². The molecule has 0 amide bonds. The van der Waals surface area contributed by atoms with Crippen molar-refractivity contribution in [3.05, 3.63) is 29.3 Å². The number of nitrogens with one attached hydrogen (secondary N) is 1. The Balaban J connectivity index is 0.00000120. The van der Waals surface area contributed by atoms with E-state index >= 15 is 0 Å². The third kappa shape index (κ3) is 1.83. The van der Waals surface area contributed by atoms with Gasteiger partial charge in [-0.1, -0.05) is 19.9 Å². The molecule has 2 aliphatic rings. The van der Waals surface area contributed by atoms with E-state index in [9.17, 15) is 0 Å². The number of hydrogen-bond donors (Lipinski definition) is 1. The van der Waals surface area contributed by atoms with E-state index in [4.69, 9.17) is 4.74 Å². The second kappa shape index (κ2) is 4.75. The molecule has 2 unspecified atom stereocenters. The summed E-state index contributed by atoms with van der Waals surface area (Å²) in [6.45, 7) is 5.91. The molecule has 0 aromatic heterocycles. The van der Waals surface area contributed by atoms with Crippen LogP contribution in [0, 0.1) is 5.92 Å². The van der Waals surface area contributed by atoms with E-state index in [1.54, 1.807) is 7.11 Å². The molecule has 3 heteroatoms. The van der Waals surface area contributed by atoms with Gasteiger partial charge in [-0.2, -0.15) is 0 Å². The van der Waals surface area contributed by atoms with Crippen LogP contribution in [0.2, 0.25) is 0 Å². The van der Waals surface area contributed by atoms with Crippen LogP contribution < -0.4 is 10.1 Å². The van der Waals surface area contributed by atoms with Crippen molar-refractivity contribution in [2.45, 2.75) is 38.1 Å². The smallest absolute Gasteiger partial charge is 0.119 e. The molecule has 1 heterocycles. The third-order valence-corrected chi connectivity index (χ3v) is 4.68. The normalized spacial score (nSPS) is 27.9. The number of halogens is 1. The molecule has 18 heavy (non-hydrogen) atoms. The molecule has 3 rings (SSSR count). The minimum absolute atomic E-state index is 0. The Hall–Kier alpha value is -0.730. The summed E-state index contributed by atoms with van der Waals surface area (Å²) in [5.74, 6) is 1.72. The maximum atomic E-state index is 5.37.